The summed E-state index contributed by atoms with van der Waals surface area (Å²) in [6.45, 7) is 4.64. The highest BCUT2D eigenvalue weighted by Gasteiger charge is 2.23. The number of piperazine rings is 1. The van der Waals surface area contributed by atoms with Crippen molar-refractivity contribution < 1.29 is 18.7 Å². The Kier molecular flexibility index (Phi) is 6.86. The number of aromatic nitrogens is 1. The zero-order valence-corrected chi connectivity index (χ0v) is 20.2. The molecule has 2 heterocycles. The van der Waals surface area contributed by atoms with E-state index in [1.807, 2.05) is 35.2 Å². The zero-order chi connectivity index (χ0) is 25.1. The summed E-state index contributed by atoms with van der Waals surface area (Å²) in [5, 5.41) is 5.09. The molecule has 0 saturated carbocycles. The second-order valence-electron chi connectivity index (χ2n) is 8.85. The largest absolute Gasteiger partial charge is 0.366 e. The first kappa shape index (κ1) is 23.8. The molecule has 1 aliphatic rings. The second-order valence-corrected chi connectivity index (χ2v) is 8.85. The minimum absolute atomic E-state index is 0.170. The van der Waals surface area contributed by atoms with Crippen LogP contribution in [0.2, 0.25) is 0 Å². The van der Waals surface area contributed by atoms with Gasteiger partial charge in [-0.15, -0.1) is 0 Å². The lowest BCUT2D eigenvalue weighted by molar-refractivity contribution is -0.137. The minimum Gasteiger partial charge on any atom is -0.366 e. The zero-order valence-electron chi connectivity index (χ0n) is 20.2. The third-order valence-corrected chi connectivity index (χ3v) is 6.66. The van der Waals surface area contributed by atoms with Crippen LogP contribution < -0.4 is 10.2 Å². The lowest BCUT2D eigenvalue weighted by atomic mass is 10.1. The van der Waals surface area contributed by atoms with Crippen LogP contribution in [-0.4, -0.2) is 60.7 Å². The van der Waals surface area contributed by atoms with E-state index >= 15 is 0 Å². The molecular formula is C28H29FN4O3. The van der Waals surface area contributed by atoms with Crippen molar-refractivity contribution in [2.24, 2.45) is 0 Å². The van der Waals surface area contributed by atoms with Gasteiger partial charge in [0.15, 0.2) is 0 Å². The standard InChI is InChI=1S/C28H29FN4O3/c1-2-33-24-9-5-3-7-21(24)22-17-20(11-12-25(22)33)30-27(34)18-36-19-28(35)32-15-13-31(14-16-32)26-10-6-4-8-23(26)29/h3-12,17H,2,13-16,18-19H2,1H3,(H,30,34). The van der Waals surface area contributed by atoms with Gasteiger partial charge >= 0.3 is 0 Å². The molecule has 4 aromatic rings. The Labute approximate surface area is 209 Å². The van der Waals surface area contributed by atoms with Crippen molar-refractivity contribution >= 4 is 45.0 Å². The fourth-order valence-corrected chi connectivity index (χ4v) is 4.90. The predicted molar refractivity (Wildman–Crippen MR) is 140 cm³/mol. The van der Waals surface area contributed by atoms with Crippen LogP contribution in [0.3, 0.4) is 0 Å². The summed E-state index contributed by atoms with van der Waals surface area (Å²) in [4.78, 5) is 28.6. The van der Waals surface area contributed by atoms with Gasteiger partial charge in [0.25, 0.3) is 0 Å². The van der Waals surface area contributed by atoms with E-state index in [1.165, 1.54) is 6.07 Å². The molecule has 1 N–H and O–H groups in total. The smallest absolute Gasteiger partial charge is 0.250 e. The first-order chi connectivity index (χ1) is 17.5. The summed E-state index contributed by atoms with van der Waals surface area (Å²) in [5.74, 6) is -0.752. The van der Waals surface area contributed by atoms with E-state index in [0.717, 1.165) is 28.4 Å². The average molecular weight is 489 g/mol. The van der Waals surface area contributed by atoms with Crippen molar-refractivity contribution in [2.45, 2.75) is 13.5 Å². The average Bonchev–Trinajstić information content (AvgIpc) is 3.22. The molecule has 0 atom stereocenters. The van der Waals surface area contributed by atoms with Crippen molar-refractivity contribution in [3.05, 3.63) is 72.5 Å². The molecule has 0 radical (unpaired) electrons. The number of hydrogen-bond donors (Lipinski definition) is 1. The van der Waals surface area contributed by atoms with Crippen molar-refractivity contribution in [3.63, 3.8) is 0 Å². The maximum absolute atomic E-state index is 14.0. The molecule has 1 saturated heterocycles. The molecule has 0 bridgehead atoms. The van der Waals surface area contributed by atoms with Gasteiger partial charge in [-0.05, 0) is 43.3 Å². The lowest BCUT2D eigenvalue weighted by Crippen LogP contribution is -2.50. The number of rotatable bonds is 7. The van der Waals surface area contributed by atoms with Gasteiger partial charge in [0, 0.05) is 60.2 Å². The number of benzene rings is 3. The van der Waals surface area contributed by atoms with Crippen LogP contribution in [-0.2, 0) is 20.9 Å². The molecule has 0 aliphatic carbocycles. The van der Waals surface area contributed by atoms with Gasteiger partial charge in [0.2, 0.25) is 11.8 Å². The monoisotopic (exact) mass is 488 g/mol. The van der Waals surface area contributed by atoms with Gasteiger partial charge in [-0.2, -0.15) is 0 Å². The van der Waals surface area contributed by atoms with Crippen LogP contribution in [0, 0.1) is 5.82 Å². The summed E-state index contributed by atoms with van der Waals surface area (Å²) in [6.07, 6.45) is 0. The number of carbonyl (C=O) groups is 2. The molecule has 1 aliphatic heterocycles. The van der Waals surface area contributed by atoms with Crippen molar-refractivity contribution in [2.75, 3.05) is 49.6 Å². The SMILES string of the molecule is CCn1c2ccccc2c2cc(NC(=O)COCC(=O)N3CCN(c4ccccc4F)CC3)ccc21. The Morgan fingerprint density at radius 3 is 2.39 bits per heavy atom. The maximum atomic E-state index is 14.0. The molecule has 3 aromatic carbocycles. The van der Waals surface area contributed by atoms with Crippen LogP contribution in [0.1, 0.15) is 6.92 Å². The highest BCUT2D eigenvalue weighted by Crippen LogP contribution is 2.31. The summed E-state index contributed by atoms with van der Waals surface area (Å²) in [5.41, 5.74) is 3.52. The van der Waals surface area contributed by atoms with E-state index < -0.39 is 0 Å². The second kappa shape index (κ2) is 10.4. The van der Waals surface area contributed by atoms with Crippen molar-refractivity contribution in [1.82, 2.24) is 9.47 Å². The fourth-order valence-electron chi connectivity index (χ4n) is 4.90. The van der Waals surface area contributed by atoms with Crippen molar-refractivity contribution in [1.29, 1.82) is 0 Å². The number of aryl methyl sites for hydroxylation is 1. The number of ether oxygens (including phenoxy) is 1. The fraction of sp³-hybridized carbons (Fsp3) is 0.286. The third-order valence-electron chi connectivity index (χ3n) is 6.66. The highest BCUT2D eigenvalue weighted by molar-refractivity contribution is 6.09. The van der Waals surface area contributed by atoms with E-state index in [1.54, 1.807) is 23.1 Å². The van der Waals surface area contributed by atoms with E-state index in [-0.39, 0.29) is 30.8 Å². The van der Waals surface area contributed by atoms with Gasteiger partial charge in [-0.1, -0.05) is 30.3 Å². The van der Waals surface area contributed by atoms with Crippen molar-refractivity contribution in [3.8, 4) is 0 Å². The molecule has 36 heavy (non-hydrogen) atoms. The number of halogens is 1. The Balaban J connectivity index is 1.12. The van der Waals surface area contributed by atoms with E-state index in [9.17, 15) is 14.0 Å². The van der Waals surface area contributed by atoms with E-state index in [0.29, 0.717) is 37.6 Å². The topological polar surface area (TPSA) is 66.8 Å². The molecule has 1 aromatic heterocycles. The van der Waals surface area contributed by atoms with Gasteiger partial charge in [-0.25, -0.2) is 4.39 Å². The van der Waals surface area contributed by atoms with E-state index in [2.05, 4.69) is 28.9 Å². The molecule has 186 valence electrons. The summed E-state index contributed by atoms with van der Waals surface area (Å²) in [7, 11) is 0. The number of carbonyl (C=O) groups excluding carboxylic acids is 2. The van der Waals surface area contributed by atoms with Gasteiger partial charge < -0.3 is 24.4 Å². The molecular weight excluding hydrogens is 459 g/mol. The maximum Gasteiger partial charge on any atom is 0.250 e. The Hall–Kier alpha value is -3.91. The van der Waals surface area contributed by atoms with Crippen LogP contribution in [0.5, 0.6) is 0 Å². The predicted octanol–water partition coefficient (Wildman–Crippen LogP) is 4.26. The molecule has 7 nitrogen and oxygen atoms in total. The summed E-state index contributed by atoms with van der Waals surface area (Å²) >= 11 is 0. The lowest BCUT2D eigenvalue weighted by Gasteiger charge is -2.36. The summed E-state index contributed by atoms with van der Waals surface area (Å²) < 4.78 is 21.7. The van der Waals surface area contributed by atoms with Crippen LogP contribution in [0.25, 0.3) is 21.8 Å². The Morgan fingerprint density at radius 1 is 0.889 bits per heavy atom. The number of anilines is 2. The minimum atomic E-state index is -0.314. The number of nitrogens with zero attached hydrogens (tertiary/aromatic N) is 3. The van der Waals surface area contributed by atoms with Crippen LogP contribution >= 0.6 is 0 Å². The van der Waals surface area contributed by atoms with E-state index in [4.69, 9.17) is 4.74 Å². The highest BCUT2D eigenvalue weighted by atomic mass is 19.1. The van der Waals surface area contributed by atoms with Gasteiger partial charge in [0.05, 0.1) is 5.69 Å². The quantitative estimate of drug-likeness (QED) is 0.422. The first-order valence-corrected chi connectivity index (χ1v) is 12.2. The third kappa shape index (κ3) is 4.77. The van der Waals surface area contributed by atoms with Crippen LogP contribution in [0.4, 0.5) is 15.8 Å². The number of nitrogens with one attached hydrogen (secondary N) is 1. The van der Waals surface area contributed by atoms with Gasteiger partial charge in [0.1, 0.15) is 19.0 Å². The molecule has 1 fully saturated rings. The number of amides is 2. The van der Waals surface area contributed by atoms with Gasteiger partial charge in [-0.3, -0.25) is 9.59 Å². The number of fused-ring (bicyclic) bond motifs is 3. The Morgan fingerprint density at radius 2 is 1.61 bits per heavy atom. The van der Waals surface area contributed by atoms with Crippen LogP contribution in [0.15, 0.2) is 66.7 Å². The molecule has 8 heteroatoms. The molecule has 2 amide bonds. The molecule has 5 rings (SSSR count). The number of para-hydroxylation sites is 2. The Bertz CT molecular complexity index is 1410. The number of hydrogen-bond acceptors (Lipinski definition) is 4. The summed E-state index contributed by atoms with van der Waals surface area (Å²) in [6, 6.07) is 20.7. The first-order valence-electron chi connectivity index (χ1n) is 12.2. The molecule has 0 unspecified atom stereocenters. The normalized spacial score (nSPS) is 13.9. The molecule has 0 spiro atoms.